The lowest BCUT2D eigenvalue weighted by Crippen LogP contribution is -2.50. The number of carbonyl (C=O) groups is 2. The van der Waals surface area contributed by atoms with Gasteiger partial charge in [0.25, 0.3) is 0 Å². The number of amides is 2. The molecular weight excluding hydrogens is 466 g/mol. The molecule has 2 heterocycles. The fourth-order valence-electron chi connectivity index (χ4n) is 4.58. The summed E-state index contributed by atoms with van der Waals surface area (Å²) in [6.07, 6.45) is 5.00. The first-order valence-electron chi connectivity index (χ1n) is 13.1. The Morgan fingerprint density at radius 2 is 1.92 bits per heavy atom. The molecule has 1 atom stereocenters. The van der Waals surface area contributed by atoms with E-state index in [1.165, 1.54) is 0 Å². The van der Waals surface area contributed by atoms with E-state index in [0.29, 0.717) is 39.2 Å². The Morgan fingerprint density at radius 1 is 1.08 bits per heavy atom. The summed E-state index contributed by atoms with van der Waals surface area (Å²) in [7, 11) is 0. The van der Waals surface area contributed by atoms with Crippen LogP contribution in [0.25, 0.3) is 11.4 Å². The van der Waals surface area contributed by atoms with Gasteiger partial charge in [-0.15, -0.1) is 0 Å². The minimum absolute atomic E-state index is 0.150. The third kappa shape index (κ3) is 7.92. The van der Waals surface area contributed by atoms with Crippen LogP contribution in [0.1, 0.15) is 32.3 Å². The molecule has 3 aromatic rings. The van der Waals surface area contributed by atoms with Crippen molar-refractivity contribution in [2.45, 2.75) is 45.8 Å². The zero-order valence-electron chi connectivity index (χ0n) is 21.7. The van der Waals surface area contributed by atoms with Gasteiger partial charge in [0.1, 0.15) is 17.6 Å². The number of hydrogen-bond acceptors (Lipinski definition) is 5. The molecule has 0 radical (unpaired) electrons. The molecule has 0 spiro atoms. The number of ether oxygens (including phenoxy) is 1. The highest BCUT2D eigenvalue weighted by atomic mass is 16.5. The van der Waals surface area contributed by atoms with Crippen LogP contribution in [0.2, 0.25) is 0 Å². The van der Waals surface area contributed by atoms with Crippen LogP contribution in [0.4, 0.5) is 0 Å². The summed E-state index contributed by atoms with van der Waals surface area (Å²) >= 11 is 0. The fourth-order valence-corrected chi connectivity index (χ4v) is 4.58. The molecule has 0 saturated heterocycles. The Balaban J connectivity index is 1.55. The molecular formula is C29H37N5O3. The van der Waals surface area contributed by atoms with E-state index in [-0.39, 0.29) is 24.3 Å². The van der Waals surface area contributed by atoms with Gasteiger partial charge in [-0.1, -0.05) is 56.3 Å². The van der Waals surface area contributed by atoms with E-state index in [9.17, 15) is 9.59 Å². The van der Waals surface area contributed by atoms with E-state index < -0.39 is 6.04 Å². The largest absolute Gasteiger partial charge is 0.494 e. The Morgan fingerprint density at radius 3 is 2.73 bits per heavy atom. The quantitative estimate of drug-likeness (QED) is 0.569. The van der Waals surface area contributed by atoms with Gasteiger partial charge in [0.05, 0.1) is 13.2 Å². The summed E-state index contributed by atoms with van der Waals surface area (Å²) in [6, 6.07) is 17.4. The van der Waals surface area contributed by atoms with Crippen LogP contribution in [0.15, 0.2) is 67.0 Å². The van der Waals surface area contributed by atoms with Crippen LogP contribution in [0.3, 0.4) is 0 Å². The zero-order chi connectivity index (χ0) is 26.0. The second-order valence-corrected chi connectivity index (χ2v) is 9.91. The van der Waals surface area contributed by atoms with Crippen LogP contribution in [-0.2, 0) is 22.7 Å². The molecule has 1 aromatic heterocycles. The van der Waals surface area contributed by atoms with Crippen molar-refractivity contribution in [3.63, 3.8) is 0 Å². The number of rotatable bonds is 4. The maximum Gasteiger partial charge on any atom is 0.242 e. The van der Waals surface area contributed by atoms with Crippen molar-refractivity contribution in [2.24, 2.45) is 5.92 Å². The topological polar surface area (TPSA) is 88.5 Å². The summed E-state index contributed by atoms with van der Waals surface area (Å²) in [5.41, 5.74) is 2.10. The van der Waals surface area contributed by atoms with Gasteiger partial charge in [-0.2, -0.15) is 0 Å². The normalized spacial score (nSPS) is 18.2. The highest BCUT2D eigenvalue weighted by molar-refractivity contribution is 5.88. The molecule has 37 heavy (non-hydrogen) atoms. The van der Waals surface area contributed by atoms with Crippen molar-refractivity contribution in [3.8, 4) is 17.1 Å². The van der Waals surface area contributed by atoms with Crippen LogP contribution in [0.5, 0.6) is 5.75 Å². The van der Waals surface area contributed by atoms with Crippen molar-refractivity contribution >= 4 is 11.8 Å². The van der Waals surface area contributed by atoms with Gasteiger partial charge in [-0.25, -0.2) is 4.98 Å². The molecule has 2 amide bonds. The van der Waals surface area contributed by atoms with Gasteiger partial charge in [-0.05, 0) is 36.5 Å². The summed E-state index contributed by atoms with van der Waals surface area (Å²) in [5.74, 6) is 1.56. The first-order valence-corrected chi connectivity index (χ1v) is 13.1. The van der Waals surface area contributed by atoms with Gasteiger partial charge >= 0.3 is 0 Å². The first kappa shape index (κ1) is 26.4. The molecule has 196 valence electrons. The number of fused-ring (bicyclic) bond motifs is 4. The molecule has 2 aromatic carbocycles. The lowest BCUT2D eigenvalue weighted by atomic mass is 10.0. The average Bonchev–Trinajstić information content (AvgIpc) is 3.35. The fraction of sp³-hybridized carbons (Fsp3) is 0.414. The summed E-state index contributed by atoms with van der Waals surface area (Å²) in [5, 5.41) is 6.00. The van der Waals surface area contributed by atoms with Crippen molar-refractivity contribution in [3.05, 3.63) is 72.6 Å². The van der Waals surface area contributed by atoms with Gasteiger partial charge in [-0.3, -0.25) is 14.5 Å². The summed E-state index contributed by atoms with van der Waals surface area (Å²) in [6.45, 7) is 7.19. The highest BCUT2D eigenvalue weighted by Gasteiger charge is 2.23. The smallest absolute Gasteiger partial charge is 0.242 e. The third-order valence-electron chi connectivity index (χ3n) is 6.32. The molecule has 0 fully saturated rings. The molecule has 4 rings (SSSR count). The van der Waals surface area contributed by atoms with E-state index >= 15 is 0 Å². The van der Waals surface area contributed by atoms with Crippen molar-refractivity contribution in [2.75, 3.05) is 26.2 Å². The van der Waals surface area contributed by atoms with E-state index in [1.54, 1.807) is 6.20 Å². The number of aromatic nitrogens is 2. The molecule has 2 bridgehead atoms. The van der Waals surface area contributed by atoms with Crippen LogP contribution >= 0.6 is 0 Å². The molecule has 0 aliphatic carbocycles. The van der Waals surface area contributed by atoms with E-state index in [4.69, 9.17) is 4.74 Å². The van der Waals surface area contributed by atoms with Crippen molar-refractivity contribution in [1.82, 2.24) is 25.1 Å². The van der Waals surface area contributed by atoms with Crippen molar-refractivity contribution in [1.29, 1.82) is 0 Å². The Kier molecular flexibility index (Phi) is 9.32. The van der Waals surface area contributed by atoms with Gasteiger partial charge < -0.3 is 19.9 Å². The number of benzene rings is 2. The predicted octanol–water partition coefficient (Wildman–Crippen LogP) is 3.48. The van der Waals surface area contributed by atoms with E-state index in [0.717, 1.165) is 29.1 Å². The highest BCUT2D eigenvalue weighted by Crippen LogP contribution is 2.23. The number of imidazole rings is 1. The standard InChI is InChI=1S/C29H37N5O3/c1-22(2)18-26-29(36)31-13-16-34-15-12-30-28(34)24-10-6-11-25(19-24)37-17-7-14-33(21-27(35)32-26)20-23-8-4-3-5-9-23/h3-6,8-12,15,19,22,26H,7,13-14,16-18,20-21H2,1-2H3,(H,31,36)(H,32,35)/t26-/m1/s1. The Bertz CT molecular complexity index is 1160. The molecule has 8 heteroatoms. The second kappa shape index (κ2) is 13.1. The Hall–Kier alpha value is -3.65. The molecule has 2 N–H and O–H groups in total. The number of hydrogen-bond donors (Lipinski definition) is 2. The molecule has 8 nitrogen and oxygen atoms in total. The van der Waals surface area contributed by atoms with E-state index in [1.807, 2.05) is 53.2 Å². The Labute approximate surface area is 219 Å². The number of nitrogens with one attached hydrogen (secondary N) is 2. The molecule has 0 unspecified atom stereocenters. The maximum atomic E-state index is 13.1. The summed E-state index contributed by atoms with van der Waals surface area (Å²) < 4.78 is 8.08. The van der Waals surface area contributed by atoms with E-state index in [2.05, 4.69) is 46.5 Å². The lowest BCUT2D eigenvalue weighted by Gasteiger charge is -2.25. The minimum Gasteiger partial charge on any atom is -0.494 e. The third-order valence-corrected chi connectivity index (χ3v) is 6.32. The second-order valence-electron chi connectivity index (χ2n) is 9.91. The SMILES string of the molecule is CC(C)C[C@H]1NC(=O)CN(Cc2ccccc2)CCCOc2cccc(c2)-c2nccn2CCNC1=O. The number of carbonyl (C=O) groups excluding carboxylic acids is 2. The van der Waals surface area contributed by atoms with Gasteiger partial charge in [0, 0.05) is 44.1 Å². The first-order chi connectivity index (χ1) is 18.0. The van der Waals surface area contributed by atoms with Crippen LogP contribution in [0, 0.1) is 5.92 Å². The minimum atomic E-state index is -0.577. The predicted molar refractivity (Wildman–Crippen MR) is 144 cm³/mol. The van der Waals surface area contributed by atoms with Crippen molar-refractivity contribution < 1.29 is 14.3 Å². The summed E-state index contributed by atoms with van der Waals surface area (Å²) in [4.78, 5) is 32.8. The zero-order valence-corrected chi connectivity index (χ0v) is 21.7. The maximum absolute atomic E-state index is 13.1. The van der Waals surface area contributed by atoms with Gasteiger partial charge in [0.15, 0.2) is 0 Å². The monoisotopic (exact) mass is 503 g/mol. The van der Waals surface area contributed by atoms with Crippen LogP contribution in [-0.4, -0.2) is 58.5 Å². The van der Waals surface area contributed by atoms with Crippen LogP contribution < -0.4 is 15.4 Å². The molecule has 0 saturated carbocycles. The number of nitrogens with zero attached hydrogens (tertiary/aromatic N) is 3. The lowest BCUT2D eigenvalue weighted by molar-refractivity contribution is -0.130. The molecule has 1 aliphatic heterocycles. The average molecular weight is 504 g/mol. The molecule has 1 aliphatic rings. The van der Waals surface area contributed by atoms with Gasteiger partial charge in [0.2, 0.25) is 11.8 Å².